The summed E-state index contributed by atoms with van der Waals surface area (Å²) in [6.07, 6.45) is 0.0501. The van der Waals surface area contributed by atoms with Crippen LogP contribution >= 0.6 is 0 Å². The summed E-state index contributed by atoms with van der Waals surface area (Å²) >= 11 is 0. The number of aliphatic hydroxyl groups excluding tert-OH is 1. The van der Waals surface area contributed by atoms with Gasteiger partial charge in [0, 0.05) is 0 Å². The van der Waals surface area contributed by atoms with Crippen molar-refractivity contribution in [2.75, 3.05) is 6.61 Å². The van der Waals surface area contributed by atoms with Gasteiger partial charge in [0.1, 0.15) is 6.61 Å². The van der Waals surface area contributed by atoms with Crippen LogP contribution in [-0.2, 0) is 17.8 Å². The largest absolute Gasteiger partial charge is 0.445 e. The molecule has 2 rings (SSSR count). The van der Waals surface area contributed by atoms with E-state index in [1.807, 2.05) is 61.5 Å². The Balaban J connectivity index is 1.83. The minimum absolute atomic E-state index is 0.131. The highest BCUT2D eigenvalue weighted by Crippen LogP contribution is 2.07. The number of nitrogens with one attached hydrogen (secondary N) is 1. The summed E-state index contributed by atoms with van der Waals surface area (Å²) in [6.45, 7) is 2.10. The third-order valence-electron chi connectivity index (χ3n) is 3.32. The third kappa shape index (κ3) is 5.22. The van der Waals surface area contributed by atoms with Gasteiger partial charge in [-0.1, -0.05) is 60.2 Å². The number of benzene rings is 2. The van der Waals surface area contributed by atoms with Gasteiger partial charge in [0.15, 0.2) is 0 Å². The van der Waals surface area contributed by atoms with Gasteiger partial charge in [0.2, 0.25) is 0 Å². The fraction of sp³-hybridized carbons (Fsp3) is 0.278. The van der Waals surface area contributed by atoms with Crippen molar-refractivity contribution in [3.63, 3.8) is 0 Å². The molecule has 0 spiro atoms. The van der Waals surface area contributed by atoms with E-state index in [4.69, 9.17) is 4.74 Å². The zero-order valence-corrected chi connectivity index (χ0v) is 12.7. The molecule has 0 aliphatic carbocycles. The van der Waals surface area contributed by atoms with E-state index in [0.717, 1.165) is 16.7 Å². The van der Waals surface area contributed by atoms with Crippen molar-refractivity contribution >= 4 is 6.09 Å². The Morgan fingerprint density at radius 1 is 1.14 bits per heavy atom. The Morgan fingerprint density at radius 3 is 2.55 bits per heavy atom. The van der Waals surface area contributed by atoms with E-state index in [9.17, 15) is 9.90 Å². The van der Waals surface area contributed by atoms with E-state index in [1.54, 1.807) is 0 Å². The Bertz CT molecular complexity index is 598. The normalized spacial score (nSPS) is 11.7. The van der Waals surface area contributed by atoms with Gasteiger partial charge in [-0.3, -0.25) is 0 Å². The number of carbonyl (C=O) groups is 1. The van der Waals surface area contributed by atoms with Gasteiger partial charge < -0.3 is 15.2 Å². The molecule has 4 heteroatoms. The van der Waals surface area contributed by atoms with Crippen LogP contribution in [0.25, 0.3) is 0 Å². The number of alkyl carbamates (subject to hydrolysis) is 1. The maximum Gasteiger partial charge on any atom is 0.407 e. The van der Waals surface area contributed by atoms with E-state index in [1.165, 1.54) is 0 Å². The minimum atomic E-state index is -0.518. The van der Waals surface area contributed by atoms with Crippen molar-refractivity contribution in [1.29, 1.82) is 0 Å². The molecular weight excluding hydrogens is 278 g/mol. The molecule has 0 saturated heterocycles. The Hall–Kier alpha value is -2.33. The van der Waals surface area contributed by atoms with Crippen LogP contribution < -0.4 is 5.32 Å². The first-order valence-electron chi connectivity index (χ1n) is 7.31. The Labute approximate surface area is 130 Å². The molecule has 2 N–H and O–H groups in total. The van der Waals surface area contributed by atoms with Crippen LogP contribution in [0, 0.1) is 6.92 Å². The molecule has 1 amide bonds. The van der Waals surface area contributed by atoms with Crippen molar-refractivity contribution < 1.29 is 14.6 Å². The first-order valence-corrected chi connectivity index (χ1v) is 7.31. The first kappa shape index (κ1) is 16.0. The Morgan fingerprint density at radius 2 is 1.86 bits per heavy atom. The molecule has 0 saturated carbocycles. The van der Waals surface area contributed by atoms with E-state index < -0.39 is 6.09 Å². The summed E-state index contributed by atoms with van der Waals surface area (Å²) < 4.78 is 5.16. The van der Waals surface area contributed by atoms with Gasteiger partial charge in [-0.15, -0.1) is 0 Å². The summed E-state index contributed by atoms with van der Waals surface area (Å²) in [6, 6.07) is 17.1. The second-order valence-electron chi connectivity index (χ2n) is 5.28. The average Bonchev–Trinajstić information content (AvgIpc) is 2.53. The van der Waals surface area contributed by atoms with Crippen LogP contribution in [0.5, 0.6) is 0 Å². The van der Waals surface area contributed by atoms with Crippen LogP contribution in [0.4, 0.5) is 4.79 Å². The summed E-state index contributed by atoms with van der Waals surface area (Å²) in [4.78, 5) is 11.8. The topological polar surface area (TPSA) is 58.6 Å². The number of ether oxygens (including phenoxy) is 1. The lowest BCUT2D eigenvalue weighted by molar-refractivity contribution is 0.129. The monoisotopic (exact) mass is 299 g/mol. The number of aliphatic hydroxyl groups is 1. The van der Waals surface area contributed by atoms with Crippen LogP contribution in [0.2, 0.25) is 0 Å². The van der Waals surface area contributed by atoms with Gasteiger partial charge in [-0.05, 0) is 24.5 Å². The van der Waals surface area contributed by atoms with Crippen molar-refractivity contribution in [2.45, 2.75) is 26.0 Å². The molecule has 0 bridgehead atoms. The van der Waals surface area contributed by atoms with Gasteiger partial charge in [-0.2, -0.15) is 0 Å². The second kappa shape index (κ2) is 8.20. The van der Waals surface area contributed by atoms with Gasteiger partial charge >= 0.3 is 6.09 Å². The predicted octanol–water partition coefficient (Wildman–Crippen LogP) is 2.82. The number of hydrogen-bond donors (Lipinski definition) is 2. The highest BCUT2D eigenvalue weighted by molar-refractivity contribution is 5.67. The molecule has 0 radical (unpaired) electrons. The lowest BCUT2D eigenvalue weighted by Crippen LogP contribution is -2.39. The first-order chi connectivity index (χ1) is 10.7. The van der Waals surface area contributed by atoms with Crippen molar-refractivity contribution in [1.82, 2.24) is 5.32 Å². The van der Waals surface area contributed by atoms with E-state index in [-0.39, 0.29) is 19.3 Å². The molecule has 0 heterocycles. The fourth-order valence-electron chi connectivity index (χ4n) is 2.22. The number of carbonyl (C=O) groups excluding carboxylic acids is 1. The molecule has 4 nitrogen and oxygen atoms in total. The maximum absolute atomic E-state index is 11.8. The summed E-state index contributed by atoms with van der Waals surface area (Å²) in [7, 11) is 0. The smallest absolute Gasteiger partial charge is 0.407 e. The second-order valence-corrected chi connectivity index (χ2v) is 5.28. The highest BCUT2D eigenvalue weighted by Gasteiger charge is 2.13. The van der Waals surface area contributed by atoms with Crippen LogP contribution in [0.15, 0.2) is 54.6 Å². The van der Waals surface area contributed by atoms with Gasteiger partial charge in [0.05, 0.1) is 12.6 Å². The van der Waals surface area contributed by atoms with Crippen LogP contribution in [0.3, 0.4) is 0 Å². The average molecular weight is 299 g/mol. The van der Waals surface area contributed by atoms with E-state index >= 15 is 0 Å². The van der Waals surface area contributed by atoms with Crippen molar-refractivity contribution in [2.24, 2.45) is 0 Å². The fourth-order valence-corrected chi connectivity index (χ4v) is 2.22. The molecule has 0 unspecified atom stereocenters. The van der Waals surface area contributed by atoms with E-state index in [0.29, 0.717) is 6.42 Å². The highest BCUT2D eigenvalue weighted by atomic mass is 16.5. The summed E-state index contributed by atoms with van der Waals surface area (Å²) in [5.74, 6) is 0. The number of rotatable bonds is 6. The molecule has 22 heavy (non-hydrogen) atoms. The molecule has 0 aliphatic rings. The maximum atomic E-state index is 11.8. The number of aryl methyl sites for hydroxylation is 1. The number of hydrogen-bond acceptors (Lipinski definition) is 3. The molecule has 0 aromatic heterocycles. The van der Waals surface area contributed by atoms with Gasteiger partial charge in [-0.25, -0.2) is 4.79 Å². The molecular formula is C18H21NO3. The van der Waals surface area contributed by atoms with Crippen molar-refractivity contribution in [3.8, 4) is 0 Å². The SMILES string of the molecule is Cc1cccc(C[C@H](CO)NC(=O)OCc2ccccc2)c1. The lowest BCUT2D eigenvalue weighted by Gasteiger charge is -2.16. The molecule has 2 aromatic carbocycles. The zero-order chi connectivity index (χ0) is 15.8. The summed E-state index contributed by atoms with van der Waals surface area (Å²) in [5, 5.41) is 12.1. The molecule has 2 aromatic rings. The molecule has 0 aliphatic heterocycles. The standard InChI is InChI=1S/C18H21NO3/c1-14-6-5-9-16(10-14)11-17(12-20)19-18(21)22-13-15-7-3-2-4-8-15/h2-10,17,20H,11-13H2,1H3,(H,19,21)/t17-/m1/s1. The van der Waals surface area contributed by atoms with E-state index in [2.05, 4.69) is 5.32 Å². The Kier molecular flexibility index (Phi) is 5.98. The zero-order valence-electron chi connectivity index (χ0n) is 12.7. The molecule has 116 valence electrons. The predicted molar refractivity (Wildman–Crippen MR) is 85.5 cm³/mol. The minimum Gasteiger partial charge on any atom is -0.445 e. The quantitative estimate of drug-likeness (QED) is 0.862. The summed E-state index contributed by atoms with van der Waals surface area (Å²) in [5.41, 5.74) is 3.15. The number of amides is 1. The van der Waals surface area contributed by atoms with Crippen LogP contribution in [-0.4, -0.2) is 23.8 Å². The van der Waals surface area contributed by atoms with Crippen LogP contribution in [0.1, 0.15) is 16.7 Å². The molecule has 0 fully saturated rings. The lowest BCUT2D eigenvalue weighted by atomic mass is 10.0. The van der Waals surface area contributed by atoms with Crippen molar-refractivity contribution in [3.05, 3.63) is 71.3 Å². The van der Waals surface area contributed by atoms with Gasteiger partial charge in [0.25, 0.3) is 0 Å². The molecule has 1 atom stereocenters. The third-order valence-corrected chi connectivity index (χ3v) is 3.32.